The zero-order valence-electron chi connectivity index (χ0n) is 15.3. The van der Waals surface area contributed by atoms with Crippen molar-refractivity contribution in [2.45, 2.75) is 29.9 Å². The number of rotatable bonds is 8. The molecule has 7 nitrogen and oxygen atoms in total. The van der Waals surface area contributed by atoms with Crippen LogP contribution in [-0.4, -0.2) is 87.5 Å². The molecule has 2 aliphatic heterocycles. The van der Waals surface area contributed by atoms with Crippen LogP contribution in [0, 0.1) is 5.82 Å². The van der Waals surface area contributed by atoms with Crippen LogP contribution in [0.4, 0.5) is 4.39 Å². The molecular formula is C18H27FN2O5S. The van der Waals surface area contributed by atoms with E-state index in [-0.39, 0.29) is 17.6 Å². The van der Waals surface area contributed by atoms with Crippen LogP contribution in [0.1, 0.15) is 12.8 Å². The van der Waals surface area contributed by atoms with E-state index in [1.807, 2.05) is 4.90 Å². The minimum Gasteiger partial charge on any atom is -0.389 e. The predicted octanol–water partition coefficient (Wildman–Crippen LogP) is 0.688. The summed E-state index contributed by atoms with van der Waals surface area (Å²) in [7, 11) is -3.62. The topological polar surface area (TPSA) is 79.3 Å². The van der Waals surface area contributed by atoms with Gasteiger partial charge in [0, 0.05) is 39.3 Å². The fourth-order valence-electron chi connectivity index (χ4n) is 3.37. The lowest BCUT2D eigenvalue weighted by molar-refractivity contribution is -0.0270. The number of nitrogens with zero attached hydrogens (tertiary/aromatic N) is 2. The minimum absolute atomic E-state index is 0.0971. The van der Waals surface area contributed by atoms with Crippen molar-refractivity contribution in [1.29, 1.82) is 0 Å². The highest BCUT2D eigenvalue weighted by Gasteiger charge is 2.29. The fourth-order valence-corrected chi connectivity index (χ4v) is 4.79. The van der Waals surface area contributed by atoms with Gasteiger partial charge in [-0.3, -0.25) is 4.90 Å². The quantitative estimate of drug-likeness (QED) is 0.689. The molecule has 0 saturated carbocycles. The minimum atomic E-state index is -3.62. The SMILES string of the molecule is O=S(=O)(c1ccc(F)cc1)N1CCN(C[C@@H](O)COC[C@@H]2CCCO2)CC1. The molecule has 1 aromatic rings. The normalized spacial score (nSPS) is 23.6. The molecule has 0 bridgehead atoms. The lowest BCUT2D eigenvalue weighted by atomic mass is 10.2. The largest absolute Gasteiger partial charge is 0.389 e. The van der Waals surface area contributed by atoms with Crippen LogP contribution in [0.25, 0.3) is 0 Å². The summed E-state index contributed by atoms with van der Waals surface area (Å²) in [6.45, 7) is 3.70. The van der Waals surface area contributed by atoms with E-state index in [1.165, 1.54) is 16.4 Å². The number of β-amino-alcohol motifs (C(OH)–C–C–N with tert-alkyl or cyclic N) is 1. The van der Waals surface area contributed by atoms with Gasteiger partial charge < -0.3 is 14.6 Å². The maximum Gasteiger partial charge on any atom is 0.243 e. The third kappa shape index (κ3) is 5.69. The van der Waals surface area contributed by atoms with Crippen molar-refractivity contribution < 1.29 is 27.4 Å². The van der Waals surface area contributed by atoms with E-state index in [4.69, 9.17) is 9.47 Å². The fraction of sp³-hybridized carbons (Fsp3) is 0.667. The smallest absolute Gasteiger partial charge is 0.243 e. The Bertz CT molecular complexity index is 686. The number of benzene rings is 1. The van der Waals surface area contributed by atoms with E-state index >= 15 is 0 Å². The number of hydrogen-bond donors (Lipinski definition) is 1. The van der Waals surface area contributed by atoms with Crippen LogP contribution in [0.2, 0.25) is 0 Å². The Morgan fingerprint density at radius 1 is 1.22 bits per heavy atom. The second-order valence-corrected chi connectivity index (χ2v) is 8.92. The Morgan fingerprint density at radius 2 is 1.93 bits per heavy atom. The van der Waals surface area contributed by atoms with Gasteiger partial charge in [0.2, 0.25) is 10.0 Å². The molecule has 9 heteroatoms. The van der Waals surface area contributed by atoms with E-state index in [0.717, 1.165) is 31.6 Å². The van der Waals surface area contributed by atoms with Crippen LogP contribution < -0.4 is 0 Å². The summed E-state index contributed by atoms with van der Waals surface area (Å²) in [6, 6.07) is 4.87. The summed E-state index contributed by atoms with van der Waals surface area (Å²) in [5.41, 5.74) is 0. The first kappa shape index (κ1) is 20.6. The van der Waals surface area contributed by atoms with E-state index < -0.39 is 21.9 Å². The number of aliphatic hydroxyl groups excluding tert-OH is 1. The van der Waals surface area contributed by atoms with Gasteiger partial charge in [0.1, 0.15) is 5.82 Å². The van der Waals surface area contributed by atoms with Crippen molar-refractivity contribution in [3.8, 4) is 0 Å². The molecule has 0 spiro atoms. The first-order valence-corrected chi connectivity index (χ1v) is 10.7. The number of sulfonamides is 1. The standard InChI is InChI=1S/C18H27FN2O5S/c19-15-3-5-18(6-4-15)27(23,24)21-9-7-20(8-10-21)12-16(22)13-25-14-17-2-1-11-26-17/h3-6,16-17,22H,1-2,7-14H2/t16-,17+/m1/s1. The Labute approximate surface area is 159 Å². The average Bonchev–Trinajstić information content (AvgIpc) is 3.16. The molecule has 0 aliphatic carbocycles. The molecule has 0 radical (unpaired) electrons. The first-order chi connectivity index (χ1) is 12.9. The van der Waals surface area contributed by atoms with Crippen LogP contribution in [0.3, 0.4) is 0 Å². The summed E-state index contributed by atoms with van der Waals surface area (Å²) >= 11 is 0. The highest BCUT2D eigenvalue weighted by molar-refractivity contribution is 7.89. The second-order valence-electron chi connectivity index (χ2n) is 6.98. The van der Waals surface area contributed by atoms with Gasteiger partial charge in [0.25, 0.3) is 0 Å². The molecule has 3 rings (SSSR count). The van der Waals surface area contributed by atoms with Crippen LogP contribution in [0.5, 0.6) is 0 Å². The van der Waals surface area contributed by atoms with Crippen molar-refractivity contribution in [2.75, 3.05) is 52.5 Å². The Kier molecular flexibility index (Phi) is 7.18. The summed E-state index contributed by atoms with van der Waals surface area (Å²) in [5, 5.41) is 10.1. The molecule has 1 N–H and O–H groups in total. The van der Waals surface area contributed by atoms with Gasteiger partial charge in [-0.1, -0.05) is 0 Å². The van der Waals surface area contributed by atoms with Gasteiger partial charge in [0.05, 0.1) is 30.3 Å². The summed E-state index contributed by atoms with van der Waals surface area (Å²) < 4.78 is 50.6. The highest BCUT2D eigenvalue weighted by Crippen LogP contribution is 2.18. The first-order valence-electron chi connectivity index (χ1n) is 9.30. The molecule has 152 valence electrons. The van der Waals surface area contributed by atoms with E-state index in [0.29, 0.717) is 39.3 Å². The molecule has 2 aliphatic rings. The molecule has 2 heterocycles. The Morgan fingerprint density at radius 3 is 2.56 bits per heavy atom. The molecule has 27 heavy (non-hydrogen) atoms. The van der Waals surface area contributed by atoms with E-state index in [9.17, 15) is 17.9 Å². The van der Waals surface area contributed by atoms with Crippen LogP contribution in [0.15, 0.2) is 29.2 Å². The Hall–Kier alpha value is -1.10. The summed E-state index contributed by atoms with van der Waals surface area (Å²) in [6.07, 6.45) is 1.58. The molecule has 2 fully saturated rings. The van der Waals surface area contributed by atoms with Crippen molar-refractivity contribution in [2.24, 2.45) is 0 Å². The average molecular weight is 402 g/mol. The molecule has 2 saturated heterocycles. The van der Waals surface area contributed by atoms with Gasteiger partial charge in [-0.15, -0.1) is 0 Å². The predicted molar refractivity (Wildman–Crippen MR) is 97.4 cm³/mol. The van der Waals surface area contributed by atoms with Gasteiger partial charge in [-0.25, -0.2) is 12.8 Å². The maximum atomic E-state index is 13.0. The van der Waals surface area contributed by atoms with E-state index in [2.05, 4.69) is 0 Å². The van der Waals surface area contributed by atoms with Gasteiger partial charge in [-0.05, 0) is 37.1 Å². The van der Waals surface area contributed by atoms with Crippen molar-refractivity contribution >= 4 is 10.0 Å². The lowest BCUT2D eigenvalue weighted by Gasteiger charge is -2.34. The maximum absolute atomic E-state index is 13.0. The lowest BCUT2D eigenvalue weighted by Crippen LogP contribution is -2.50. The highest BCUT2D eigenvalue weighted by atomic mass is 32.2. The number of aliphatic hydroxyl groups is 1. The Balaban J connectivity index is 1.40. The van der Waals surface area contributed by atoms with Crippen molar-refractivity contribution in [3.63, 3.8) is 0 Å². The molecule has 0 amide bonds. The zero-order valence-corrected chi connectivity index (χ0v) is 16.1. The molecule has 0 unspecified atom stereocenters. The van der Waals surface area contributed by atoms with Crippen LogP contribution in [-0.2, 0) is 19.5 Å². The summed E-state index contributed by atoms with van der Waals surface area (Å²) in [4.78, 5) is 2.12. The molecule has 2 atom stereocenters. The van der Waals surface area contributed by atoms with Gasteiger partial charge >= 0.3 is 0 Å². The molecule has 1 aromatic carbocycles. The number of piperazine rings is 1. The van der Waals surface area contributed by atoms with E-state index in [1.54, 1.807) is 0 Å². The monoisotopic (exact) mass is 402 g/mol. The van der Waals surface area contributed by atoms with Crippen molar-refractivity contribution in [3.05, 3.63) is 30.1 Å². The molecule has 0 aromatic heterocycles. The third-order valence-electron chi connectivity index (χ3n) is 4.89. The van der Waals surface area contributed by atoms with Gasteiger partial charge in [0.15, 0.2) is 0 Å². The second kappa shape index (κ2) is 9.40. The summed E-state index contributed by atoms with van der Waals surface area (Å²) in [5.74, 6) is -0.463. The van der Waals surface area contributed by atoms with Crippen LogP contribution >= 0.6 is 0 Å². The third-order valence-corrected chi connectivity index (χ3v) is 6.80. The number of ether oxygens (including phenoxy) is 2. The van der Waals surface area contributed by atoms with Gasteiger partial charge in [-0.2, -0.15) is 4.31 Å². The van der Waals surface area contributed by atoms with Crippen molar-refractivity contribution in [1.82, 2.24) is 9.21 Å². The number of hydrogen-bond acceptors (Lipinski definition) is 6. The zero-order chi connectivity index (χ0) is 19.3. The number of halogens is 1. The molecular weight excluding hydrogens is 375 g/mol.